The van der Waals surface area contributed by atoms with Crippen LogP contribution in [0, 0.1) is 0 Å². The van der Waals surface area contributed by atoms with Crippen LogP contribution in [-0.4, -0.2) is 19.6 Å². The van der Waals surface area contributed by atoms with Gasteiger partial charge in [0.2, 0.25) is 0 Å². The Morgan fingerprint density at radius 2 is 1.79 bits per heavy atom. The molecule has 0 aliphatic rings. The number of esters is 1. The molecule has 1 atom stereocenters. The van der Waals surface area contributed by atoms with E-state index >= 15 is 0 Å². The predicted molar refractivity (Wildman–Crippen MR) is 135 cm³/mol. The smallest absolute Gasteiger partial charge is 0.337 e. The lowest BCUT2D eigenvalue weighted by molar-refractivity contribution is 0.0412. The third kappa shape index (κ3) is 6.34. The average Bonchev–Trinajstić information content (AvgIpc) is 3.23. The first-order valence-electron chi connectivity index (χ1n) is 10.4. The van der Waals surface area contributed by atoms with Crippen LogP contribution >= 0.6 is 34.5 Å². The van der Waals surface area contributed by atoms with Crippen LogP contribution in [0.25, 0.3) is 10.1 Å². The second kappa shape index (κ2) is 11.1. The molecule has 170 valence electrons. The number of hydrogen-bond donors (Lipinski definition) is 1. The third-order valence-corrected chi connectivity index (χ3v) is 6.76. The Bertz CT molecular complexity index is 1240. The number of thiophene rings is 1. The van der Waals surface area contributed by atoms with Crippen molar-refractivity contribution in [2.75, 3.05) is 13.7 Å². The summed E-state index contributed by atoms with van der Waals surface area (Å²) in [6.45, 7) is 1.74. The Labute approximate surface area is 207 Å². The lowest BCUT2D eigenvalue weighted by atomic mass is 10.1. The van der Waals surface area contributed by atoms with Gasteiger partial charge in [-0.15, -0.1) is 11.3 Å². The summed E-state index contributed by atoms with van der Waals surface area (Å²) in [6.07, 6.45) is -0.174. The normalized spacial score (nSPS) is 12.1. The van der Waals surface area contributed by atoms with Crippen LogP contribution in [0.15, 0.2) is 72.8 Å². The molecular weight excluding hydrogens is 477 g/mol. The van der Waals surface area contributed by atoms with E-state index in [-0.39, 0.29) is 12.1 Å². The maximum Gasteiger partial charge on any atom is 0.337 e. The molecule has 0 aliphatic heterocycles. The fourth-order valence-corrected chi connectivity index (χ4v) is 4.98. The summed E-state index contributed by atoms with van der Waals surface area (Å²) in [7, 11) is 1.38. The van der Waals surface area contributed by atoms with Crippen LogP contribution < -0.4 is 5.32 Å². The molecule has 0 radical (unpaired) electrons. The van der Waals surface area contributed by atoms with Gasteiger partial charge >= 0.3 is 5.97 Å². The highest BCUT2D eigenvalue weighted by Crippen LogP contribution is 2.30. The number of fused-ring (bicyclic) bond motifs is 1. The van der Waals surface area contributed by atoms with Gasteiger partial charge in [-0.3, -0.25) is 0 Å². The first kappa shape index (κ1) is 23.7. The van der Waals surface area contributed by atoms with E-state index < -0.39 is 0 Å². The first-order valence-corrected chi connectivity index (χ1v) is 12.0. The van der Waals surface area contributed by atoms with E-state index in [0.29, 0.717) is 30.3 Å². The van der Waals surface area contributed by atoms with Crippen LogP contribution in [-0.2, 0) is 22.6 Å². The molecule has 0 amide bonds. The third-order valence-electron chi connectivity index (χ3n) is 5.21. The van der Waals surface area contributed by atoms with E-state index in [9.17, 15) is 4.79 Å². The van der Waals surface area contributed by atoms with E-state index in [4.69, 9.17) is 32.7 Å². The molecule has 0 bridgehead atoms. The van der Waals surface area contributed by atoms with Gasteiger partial charge in [0.05, 0.1) is 25.4 Å². The van der Waals surface area contributed by atoms with Crippen molar-refractivity contribution in [2.45, 2.75) is 19.3 Å². The summed E-state index contributed by atoms with van der Waals surface area (Å²) < 4.78 is 12.2. The number of carbonyl (C=O) groups excluding carboxylic acids is 1. The van der Waals surface area contributed by atoms with Gasteiger partial charge in [0.25, 0.3) is 0 Å². The SMILES string of the molecule is COC(=O)c1ccc(CNC[C@H](OCc2cc3ccc(Cl)cc3s2)c2cccc(Cl)c2)cc1. The molecule has 0 spiro atoms. The fraction of sp³-hybridized carbons (Fsp3) is 0.192. The van der Waals surface area contributed by atoms with Gasteiger partial charge in [-0.2, -0.15) is 0 Å². The molecule has 0 unspecified atom stereocenters. The van der Waals surface area contributed by atoms with E-state index in [0.717, 1.165) is 31.1 Å². The van der Waals surface area contributed by atoms with Gasteiger partial charge in [-0.25, -0.2) is 4.79 Å². The maximum atomic E-state index is 11.6. The summed E-state index contributed by atoms with van der Waals surface area (Å²) in [5.41, 5.74) is 2.61. The standard InChI is InChI=1S/C26H23Cl2NO3S/c1-31-26(30)18-7-5-17(6-8-18)14-29-15-24(19-3-2-4-21(27)11-19)32-16-23-12-20-9-10-22(28)13-25(20)33-23/h2-13,24,29H,14-16H2,1H3/t24-/m0/s1. The molecule has 33 heavy (non-hydrogen) atoms. The molecule has 0 fully saturated rings. The van der Waals surface area contributed by atoms with Crippen molar-refractivity contribution >= 4 is 50.6 Å². The van der Waals surface area contributed by atoms with E-state index in [2.05, 4.69) is 11.4 Å². The van der Waals surface area contributed by atoms with Crippen molar-refractivity contribution in [1.82, 2.24) is 5.32 Å². The summed E-state index contributed by atoms with van der Waals surface area (Å²) in [5, 5.41) is 6.03. The lowest BCUT2D eigenvalue weighted by Gasteiger charge is -2.19. The van der Waals surface area contributed by atoms with Crippen LogP contribution in [0.3, 0.4) is 0 Å². The van der Waals surface area contributed by atoms with Gasteiger partial charge in [0.1, 0.15) is 0 Å². The highest BCUT2D eigenvalue weighted by atomic mass is 35.5. The van der Waals surface area contributed by atoms with Crippen molar-refractivity contribution < 1.29 is 14.3 Å². The Morgan fingerprint density at radius 1 is 1.00 bits per heavy atom. The maximum absolute atomic E-state index is 11.6. The van der Waals surface area contributed by atoms with Crippen LogP contribution in [0.5, 0.6) is 0 Å². The Kier molecular flexibility index (Phi) is 8.02. The predicted octanol–water partition coefficient (Wildman–Crippen LogP) is 7.04. The number of rotatable bonds is 9. The summed E-state index contributed by atoms with van der Waals surface area (Å²) in [5.74, 6) is -0.340. The van der Waals surface area contributed by atoms with E-state index in [1.54, 1.807) is 23.5 Å². The molecule has 4 aromatic rings. The Morgan fingerprint density at radius 3 is 2.55 bits per heavy atom. The zero-order valence-corrected chi connectivity index (χ0v) is 20.3. The van der Waals surface area contributed by atoms with Crippen LogP contribution in [0.2, 0.25) is 10.0 Å². The quantitative estimate of drug-likeness (QED) is 0.251. The van der Waals surface area contributed by atoms with Crippen LogP contribution in [0.4, 0.5) is 0 Å². The minimum atomic E-state index is -0.340. The average molecular weight is 500 g/mol. The molecule has 0 saturated carbocycles. The summed E-state index contributed by atoms with van der Waals surface area (Å²) >= 11 is 14.0. The van der Waals surface area contributed by atoms with Gasteiger partial charge in [0.15, 0.2) is 0 Å². The number of benzene rings is 3. The van der Waals surface area contributed by atoms with Crippen molar-refractivity contribution in [3.05, 3.63) is 104 Å². The number of nitrogens with one attached hydrogen (secondary N) is 1. The molecule has 0 saturated heterocycles. The highest BCUT2D eigenvalue weighted by Gasteiger charge is 2.14. The van der Waals surface area contributed by atoms with Gasteiger partial charge in [-0.1, -0.05) is 53.5 Å². The molecule has 7 heteroatoms. The zero-order valence-electron chi connectivity index (χ0n) is 18.0. The second-order valence-electron chi connectivity index (χ2n) is 7.57. The summed E-state index contributed by atoms with van der Waals surface area (Å²) in [4.78, 5) is 12.7. The number of hydrogen-bond acceptors (Lipinski definition) is 5. The zero-order chi connectivity index (χ0) is 23.2. The van der Waals surface area contributed by atoms with E-state index in [1.165, 1.54) is 7.11 Å². The molecule has 1 N–H and O–H groups in total. The van der Waals surface area contributed by atoms with E-state index in [1.807, 2.05) is 54.6 Å². The first-order chi connectivity index (χ1) is 16.0. The van der Waals surface area contributed by atoms with Gasteiger partial charge in [-0.05, 0) is 59.0 Å². The second-order valence-corrected chi connectivity index (χ2v) is 9.61. The molecule has 1 aromatic heterocycles. The Balaban J connectivity index is 1.41. The fourth-order valence-electron chi connectivity index (χ4n) is 3.52. The molecule has 4 rings (SSSR count). The molecule has 4 nitrogen and oxygen atoms in total. The summed E-state index contributed by atoms with van der Waals surface area (Å²) in [6, 6.07) is 23.1. The molecule has 1 heterocycles. The van der Waals surface area contributed by atoms with Crippen molar-refractivity contribution in [2.24, 2.45) is 0 Å². The Hall–Kier alpha value is -2.41. The van der Waals surface area contributed by atoms with Crippen molar-refractivity contribution in [1.29, 1.82) is 0 Å². The minimum Gasteiger partial charge on any atom is -0.465 e. The van der Waals surface area contributed by atoms with Crippen LogP contribution in [0.1, 0.15) is 32.5 Å². The molecule has 0 aliphatic carbocycles. The topological polar surface area (TPSA) is 47.6 Å². The van der Waals surface area contributed by atoms with Gasteiger partial charge in [0, 0.05) is 32.7 Å². The number of halogens is 2. The lowest BCUT2D eigenvalue weighted by Crippen LogP contribution is -2.23. The largest absolute Gasteiger partial charge is 0.465 e. The monoisotopic (exact) mass is 499 g/mol. The van der Waals surface area contributed by atoms with Crippen molar-refractivity contribution in [3.8, 4) is 0 Å². The molecular formula is C26H23Cl2NO3S. The number of carbonyl (C=O) groups is 1. The highest BCUT2D eigenvalue weighted by molar-refractivity contribution is 7.19. The number of methoxy groups -OCH3 is 1. The van der Waals surface area contributed by atoms with Crippen molar-refractivity contribution in [3.63, 3.8) is 0 Å². The number of ether oxygens (including phenoxy) is 2. The minimum absolute atomic E-state index is 0.174. The molecule has 3 aromatic carbocycles. The van der Waals surface area contributed by atoms with Gasteiger partial charge < -0.3 is 14.8 Å².